The third-order valence-electron chi connectivity index (χ3n) is 3.73. The van der Waals surface area contributed by atoms with E-state index in [1.54, 1.807) is 0 Å². The fourth-order valence-electron chi connectivity index (χ4n) is 2.43. The third kappa shape index (κ3) is 4.73. The van der Waals surface area contributed by atoms with Crippen molar-refractivity contribution in [3.63, 3.8) is 0 Å². The van der Waals surface area contributed by atoms with Gasteiger partial charge in [0.05, 0.1) is 13.0 Å². The molecule has 0 radical (unpaired) electrons. The second-order valence-corrected chi connectivity index (χ2v) is 6.65. The minimum atomic E-state index is -0.394. The van der Waals surface area contributed by atoms with E-state index in [2.05, 4.69) is 27.2 Å². The van der Waals surface area contributed by atoms with E-state index in [0.29, 0.717) is 24.6 Å². The summed E-state index contributed by atoms with van der Waals surface area (Å²) in [4.78, 5) is 36.8. The van der Waals surface area contributed by atoms with Crippen LogP contribution in [0.2, 0.25) is 0 Å². The number of aromatic nitrogens is 2. The summed E-state index contributed by atoms with van der Waals surface area (Å²) >= 11 is 1.40. The number of anilines is 1. The van der Waals surface area contributed by atoms with E-state index in [0.717, 1.165) is 17.8 Å². The zero-order chi connectivity index (χ0) is 17.5. The lowest BCUT2D eigenvalue weighted by Gasteiger charge is -2.12. The first kappa shape index (κ1) is 18.3. The summed E-state index contributed by atoms with van der Waals surface area (Å²) in [5.74, 6) is -0.974. The molecule has 0 aliphatic carbocycles. The Hall–Kier alpha value is -2.03. The van der Waals surface area contributed by atoms with Gasteiger partial charge in [0.1, 0.15) is 5.01 Å². The molecule has 1 atom stereocenters. The van der Waals surface area contributed by atoms with Crippen molar-refractivity contribution in [2.45, 2.75) is 39.0 Å². The summed E-state index contributed by atoms with van der Waals surface area (Å²) in [5, 5.41) is 12.3. The number of nitrogens with one attached hydrogen (secondary N) is 1. The van der Waals surface area contributed by atoms with Crippen LogP contribution in [0.5, 0.6) is 0 Å². The molecule has 8 nitrogen and oxygen atoms in total. The normalized spacial score (nSPS) is 17.2. The minimum Gasteiger partial charge on any atom is -0.469 e. The van der Waals surface area contributed by atoms with E-state index in [9.17, 15) is 14.4 Å². The zero-order valence-corrected chi connectivity index (χ0v) is 14.7. The maximum atomic E-state index is 12.2. The molecule has 1 unspecified atom stereocenters. The summed E-state index contributed by atoms with van der Waals surface area (Å²) < 4.78 is 4.54. The molecule has 0 spiro atoms. The molecule has 2 heterocycles. The average molecular weight is 354 g/mol. The number of amides is 2. The van der Waals surface area contributed by atoms with Crippen LogP contribution in [-0.4, -0.2) is 48.2 Å². The molecule has 1 aromatic rings. The highest BCUT2D eigenvalue weighted by Gasteiger charge is 2.36. The van der Waals surface area contributed by atoms with E-state index < -0.39 is 5.92 Å². The maximum Gasteiger partial charge on any atom is 0.305 e. The topological polar surface area (TPSA) is 101 Å². The zero-order valence-electron chi connectivity index (χ0n) is 13.9. The molecule has 0 bridgehead atoms. The van der Waals surface area contributed by atoms with Crippen LogP contribution in [0, 0.1) is 5.92 Å². The number of hydrogen-bond donors (Lipinski definition) is 1. The van der Waals surface area contributed by atoms with Crippen molar-refractivity contribution in [2.75, 3.05) is 25.1 Å². The van der Waals surface area contributed by atoms with Crippen LogP contribution >= 0.6 is 11.3 Å². The summed E-state index contributed by atoms with van der Waals surface area (Å²) in [7, 11) is 1.33. The molecule has 9 heteroatoms. The van der Waals surface area contributed by atoms with Crippen molar-refractivity contribution in [1.82, 2.24) is 15.5 Å². The Labute approximate surface area is 144 Å². The molecule has 2 rings (SSSR count). The molecule has 1 aromatic heterocycles. The largest absolute Gasteiger partial charge is 0.469 e. The SMILES string of the molecule is CCCc1nnc(N2CC(C(=O)NCCCC(=O)OC)CC2=O)s1. The number of ether oxygens (including phenoxy) is 1. The number of rotatable bonds is 8. The van der Waals surface area contributed by atoms with Gasteiger partial charge in [-0.1, -0.05) is 18.3 Å². The van der Waals surface area contributed by atoms with E-state index in [-0.39, 0.29) is 30.6 Å². The lowest BCUT2D eigenvalue weighted by Crippen LogP contribution is -2.33. The molecule has 0 saturated carbocycles. The molecule has 0 aromatic carbocycles. The molecular weight excluding hydrogens is 332 g/mol. The van der Waals surface area contributed by atoms with Crippen molar-refractivity contribution < 1.29 is 19.1 Å². The first-order valence-corrected chi connectivity index (χ1v) is 8.84. The number of hydrogen-bond acceptors (Lipinski definition) is 7. The first-order valence-electron chi connectivity index (χ1n) is 8.02. The maximum absolute atomic E-state index is 12.2. The van der Waals surface area contributed by atoms with Crippen LogP contribution in [-0.2, 0) is 25.5 Å². The molecule has 1 fully saturated rings. The number of carbonyl (C=O) groups is 3. The lowest BCUT2D eigenvalue weighted by molar-refractivity contribution is -0.140. The van der Waals surface area contributed by atoms with Crippen molar-refractivity contribution in [3.05, 3.63) is 5.01 Å². The van der Waals surface area contributed by atoms with Gasteiger partial charge in [0.15, 0.2) is 0 Å². The Bertz CT molecular complexity index is 604. The Balaban J connectivity index is 1.82. The lowest BCUT2D eigenvalue weighted by atomic mass is 10.1. The monoisotopic (exact) mass is 354 g/mol. The minimum absolute atomic E-state index is 0.107. The van der Waals surface area contributed by atoms with Crippen molar-refractivity contribution >= 4 is 34.3 Å². The molecular formula is C15H22N4O4S. The quantitative estimate of drug-likeness (QED) is 0.550. The first-order chi connectivity index (χ1) is 11.5. The van der Waals surface area contributed by atoms with E-state index in [4.69, 9.17) is 0 Å². The molecule has 2 amide bonds. The highest BCUT2D eigenvalue weighted by atomic mass is 32.1. The van der Waals surface area contributed by atoms with Gasteiger partial charge in [-0.3, -0.25) is 19.3 Å². The average Bonchev–Trinajstić information content (AvgIpc) is 3.18. The van der Waals surface area contributed by atoms with Gasteiger partial charge >= 0.3 is 5.97 Å². The van der Waals surface area contributed by atoms with Crippen LogP contribution < -0.4 is 10.2 Å². The summed E-state index contributed by atoms with van der Waals surface area (Å²) in [6.45, 7) is 2.77. The van der Waals surface area contributed by atoms with Gasteiger partial charge < -0.3 is 10.1 Å². The molecule has 1 saturated heterocycles. The van der Waals surface area contributed by atoms with Gasteiger partial charge in [0.2, 0.25) is 16.9 Å². The van der Waals surface area contributed by atoms with Crippen LogP contribution in [0.3, 0.4) is 0 Å². The Morgan fingerprint density at radius 2 is 2.21 bits per heavy atom. The summed E-state index contributed by atoms with van der Waals surface area (Å²) in [6, 6.07) is 0. The molecule has 1 aliphatic heterocycles. The van der Waals surface area contributed by atoms with Crippen LogP contribution in [0.1, 0.15) is 37.6 Å². The highest BCUT2D eigenvalue weighted by Crippen LogP contribution is 2.28. The van der Waals surface area contributed by atoms with Crippen LogP contribution in [0.4, 0.5) is 5.13 Å². The Morgan fingerprint density at radius 1 is 1.42 bits per heavy atom. The number of nitrogens with zero attached hydrogens (tertiary/aromatic N) is 3. The van der Waals surface area contributed by atoms with Crippen LogP contribution in [0.25, 0.3) is 0 Å². The van der Waals surface area contributed by atoms with Crippen molar-refractivity contribution in [1.29, 1.82) is 0 Å². The summed E-state index contributed by atoms with van der Waals surface area (Å²) in [5.41, 5.74) is 0. The van der Waals surface area contributed by atoms with Crippen molar-refractivity contribution in [2.24, 2.45) is 5.92 Å². The Kier molecular flexibility index (Phi) is 6.65. The smallest absolute Gasteiger partial charge is 0.305 e. The molecule has 132 valence electrons. The highest BCUT2D eigenvalue weighted by molar-refractivity contribution is 7.15. The van der Waals surface area contributed by atoms with Crippen LogP contribution in [0.15, 0.2) is 0 Å². The number of methoxy groups -OCH3 is 1. The van der Waals surface area contributed by atoms with Gasteiger partial charge in [0.25, 0.3) is 0 Å². The predicted molar refractivity (Wildman–Crippen MR) is 88.6 cm³/mol. The molecule has 1 N–H and O–H groups in total. The predicted octanol–water partition coefficient (Wildman–Crippen LogP) is 0.913. The van der Waals surface area contributed by atoms with Gasteiger partial charge in [-0.2, -0.15) is 0 Å². The van der Waals surface area contributed by atoms with E-state index >= 15 is 0 Å². The number of aryl methyl sites for hydroxylation is 1. The van der Waals surface area contributed by atoms with Gasteiger partial charge in [-0.25, -0.2) is 0 Å². The Morgan fingerprint density at radius 3 is 2.92 bits per heavy atom. The fourth-order valence-corrected chi connectivity index (χ4v) is 3.39. The van der Waals surface area contributed by atoms with Gasteiger partial charge in [-0.05, 0) is 12.8 Å². The van der Waals surface area contributed by atoms with E-state index in [1.165, 1.54) is 23.3 Å². The van der Waals surface area contributed by atoms with Crippen molar-refractivity contribution in [3.8, 4) is 0 Å². The van der Waals surface area contributed by atoms with Gasteiger partial charge in [-0.15, -0.1) is 10.2 Å². The second-order valence-electron chi connectivity index (χ2n) is 5.60. The van der Waals surface area contributed by atoms with Gasteiger partial charge in [0, 0.05) is 32.4 Å². The number of esters is 1. The summed E-state index contributed by atoms with van der Waals surface area (Å²) in [6.07, 6.45) is 2.76. The third-order valence-corrected chi connectivity index (χ3v) is 4.74. The molecule has 1 aliphatic rings. The second kappa shape index (κ2) is 8.72. The number of carbonyl (C=O) groups excluding carboxylic acids is 3. The molecule has 24 heavy (non-hydrogen) atoms. The standard InChI is InChI=1S/C15H22N4O4S/c1-3-5-11-17-18-15(24-11)19-9-10(8-12(19)20)14(22)16-7-4-6-13(21)23-2/h10H,3-9H2,1-2H3,(H,16,22). The van der Waals surface area contributed by atoms with E-state index in [1.807, 2.05) is 0 Å². The fraction of sp³-hybridized carbons (Fsp3) is 0.667.